The summed E-state index contributed by atoms with van der Waals surface area (Å²) in [7, 11) is 0. The minimum atomic E-state index is -0.792. The van der Waals surface area contributed by atoms with E-state index in [2.05, 4.69) is 5.32 Å². The molecule has 1 heterocycles. The van der Waals surface area contributed by atoms with Crippen LogP contribution in [-0.2, 0) is 0 Å². The summed E-state index contributed by atoms with van der Waals surface area (Å²) in [4.78, 5) is 12.6. The molecule has 4 heteroatoms. The first-order valence-electron chi connectivity index (χ1n) is 6.91. The van der Waals surface area contributed by atoms with Crippen LogP contribution in [0.4, 0.5) is 14.5 Å². The molecule has 3 rings (SSSR count). The molecule has 0 saturated heterocycles. The molecule has 1 unspecified atom stereocenters. The van der Waals surface area contributed by atoms with Crippen molar-refractivity contribution in [1.29, 1.82) is 0 Å². The number of para-hydroxylation sites is 1. The van der Waals surface area contributed by atoms with Crippen molar-refractivity contribution in [2.45, 2.75) is 19.3 Å². The summed E-state index contributed by atoms with van der Waals surface area (Å²) >= 11 is 0. The number of aryl methyl sites for hydroxylation is 1. The SMILES string of the molecule is Cc1ccc(F)c(C(=O)C2CCNc3ccccc32)c1F. The average molecular weight is 287 g/mol. The van der Waals surface area contributed by atoms with Crippen molar-refractivity contribution in [2.75, 3.05) is 11.9 Å². The molecule has 1 N–H and O–H groups in total. The summed E-state index contributed by atoms with van der Waals surface area (Å²) in [6.07, 6.45) is 0.530. The molecule has 0 saturated carbocycles. The van der Waals surface area contributed by atoms with Crippen molar-refractivity contribution in [2.24, 2.45) is 0 Å². The summed E-state index contributed by atoms with van der Waals surface area (Å²) in [5.41, 5.74) is 1.52. The number of rotatable bonds is 2. The zero-order valence-electron chi connectivity index (χ0n) is 11.6. The van der Waals surface area contributed by atoms with Gasteiger partial charge in [0.05, 0.1) is 11.5 Å². The van der Waals surface area contributed by atoms with E-state index in [1.165, 1.54) is 13.0 Å². The fraction of sp³-hybridized carbons (Fsp3) is 0.235. The van der Waals surface area contributed by atoms with Crippen molar-refractivity contribution in [3.8, 4) is 0 Å². The molecule has 0 bridgehead atoms. The lowest BCUT2D eigenvalue weighted by molar-refractivity contribution is 0.0946. The van der Waals surface area contributed by atoms with Crippen LogP contribution in [0.2, 0.25) is 0 Å². The van der Waals surface area contributed by atoms with E-state index < -0.39 is 28.9 Å². The van der Waals surface area contributed by atoms with Gasteiger partial charge in [0.15, 0.2) is 5.78 Å². The maximum absolute atomic E-state index is 14.2. The van der Waals surface area contributed by atoms with Gasteiger partial charge in [0.1, 0.15) is 11.6 Å². The molecule has 0 radical (unpaired) electrons. The monoisotopic (exact) mass is 287 g/mol. The lowest BCUT2D eigenvalue weighted by atomic mass is 9.84. The fourth-order valence-electron chi connectivity index (χ4n) is 2.80. The van der Waals surface area contributed by atoms with Crippen molar-refractivity contribution < 1.29 is 13.6 Å². The van der Waals surface area contributed by atoms with Crippen LogP contribution in [0.15, 0.2) is 36.4 Å². The van der Waals surface area contributed by atoms with E-state index in [-0.39, 0.29) is 5.56 Å². The molecule has 0 fully saturated rings. The topological polar surface area (TPSA) is 29.1 Å². The highest BCUT2D eigenvalue weighted by molar-refractivity contribution is 6.02. The maximum atomic E-state index is 14.2. The Morgan fingerprint density at radius 3 is 2.76 bits per heavy atom. The Kier molecular flexibility index (Phi) is 3.45. The van der Waals surface area contributed by atoms with Gasteiger partial charge in [-0.1, -0.05) is 24.3 Å². The number of carbonyl (C=O) groups excluding carboxylic acids is 1. The van der Waals surface area contributed by atoms with Crippen LogP contribution in [0, 0.1) is 18.6 Å². The predicted octanol–water partition coefficient (Wildman–Crippen LogP) is 4.06. The van der Waals surface area contributed by atoms with Crippen LogP contribution in [0.25, 0.3) is 0 Å². The summed E-state index contributed by atoms with van der Waals surface area (Å²) in [6.45, 7) is 2.14. The van der Waals surface area contributed by atoms with Gasteiger partial charge in [-0.2, -0.15) is 0 Å². The van der Waals surface area contributed by atoms with E-state index in [1.807, 2.05) is 24.3 Å². The number of halogens is 2. The van der Waals surface area contributed by atoms with Gasteiger partial charge in [0.2, 0.25) is 0 Å². The minimum absolute atomic E-state index is 0.280. The average Bonchev–Trinajstić information content (AvgIpc) is 2.50. The molecule has 1 aliphatic rings. The van der Waals surface area contributed by atoms with Crippen molar-refractivity contribution in [3.05, 3.63) is 64.7 Å². The van der Waals surface area contributed by atoms with E-state index in [0.29, 0.717) is 13.0 Å². The molecule has 2 nitrogen and oxygen atoms in total. The Labute approximate surface area is 121 Å². The molecule has 1 aliphatic heterocycles. The second kappa shape index (κ2) is 5.28. The standard InChI is InChI=1S/C17H15F2NO/c1-10-6-7-13(18)15(16(10)19)17(21)12-8-9-20-14-5-3-2-4-11(12)14/h2-7,12,20H,8-9H2,1H3. The first-order valence-corrected chi connectivity index (χ1v) is 6.91. The molecule has 21 heavy (non-hydrogen) atoms. The van der Waals surface area contributed by atoms with Gasteiger partial charge in [0.25, 0.3) is 0 Å². The van der Waals surface area contributed by atoms with Crippen molar-refractivity contribution >= 4 is 11.5 Å². The number of nitrogens with one attached hydrogen (secondary N) is 1. The molecular formula is C17H15F2NO. The van der Waals surface area contributed by atoms with Crippen LogP contribution in [0.5, 0.6) is 0 Å². The molecule has 1 atom stereocenters. The molecule has 0 aliphatic carbocycles. The van der Waals surface area contributed by atoms with Gasteiger partial charge >= 0.3 is 0 Å². The summed E-state index contributed by atoms with van der Waals surface area (Å²) in [5.74, 6) is -2.54. The quantitative estimate of drug-likeness (QED) is 0.844. The minimum Gasteiger partial charge on any atom is -0.385 e. The van der Waals surface area contributed by atoms with Gasteiger partial charge < -0.3 is 5.32 Å². The van der Waals surface area contributed by atoms with E-state index in [4.69, 9.17) is 0 Å². The third-order valence-corrected chi connectivity index (χ3v) is 3.93. The third kappa shape index (κ3) is 2.31. The van der Waals surface area contributed by atoms with Gasteiger partial charge in [-0.3, -0.25) is 4.79 Å². The zero-order chi connectivity index (χ0) is 15.0. The van der Waals surface area contributed by atoms with E-state index in [9.17, 15) is 13.6 Å². The first kappa shape index (κ1) is 13.7. The Bertz CT molecular complexity index is 712. The van der Waals surface area contributed by atoms with Gasteiger partial charge in [0, 0.05) is 12.2 Å². The summed E-state index contributed by atoms with van der Waals surface area (Å²) < 4.78 is 28.1. The highest BCUT2D eigenvalue weighted by Crippen LogP contribution is 2.35. The summed E-state index contributed by atoms with van der Waals surface area (Å²) in [6, 6.07) is 9.89. The van der Waals surface area contributed by atoms with Crippen molar-refractivity contribution in [3.63, 3.8) is 0 Å². The van der Waals surface area contributed by atoms with E-state index >= 15 is 0 Å². The number of anilines is 1. The predicted molar refractivity (Wildman–Crippen MR) is 77.7 cm³/mol. The summed E-state index contributed by atoms with van der Waals surface area (Å²) in [5, 5.41) is 3.20. The number of fused-ring (bicyclic) bond motifs is 1. The number of carbonyl (C=O) groups is 1. The number of hydrogen-bond acceptors (Lipinski definition) is 2. The first-order chi connectivity index (χ1) is 10.1. The molecule has 0 aromatic heterocycles. The second-order valence-electron chi connectivity index (χ2n) is 5.27. The van der Waals surface area contributed by atoms with Crippen LogP contribution >= 0.6 is 0 Å². The van der Waals surface area contributed by atoms with E-state index in [1.54, 1.807) is 0 Å². The highest BCUT2D eigenvalue weighted by Gasteiger charge is 2.31. The Hall–Kier alpha value is -2.23. The van der Waals surface area contributed by atoms with Crippen LogP contribution in [-0.4, -0.2) is 12.3 Å². The molecule has 0 amide bonds. The Morgan fingerprint density at radius 1 is 1.19 bits per heavy atom. The largest absolute Gasteiger partial charge is 0.385 e. The van der Waals surface area contributed by atoms with Gasteiger partial charge in [-0.05, 0) is 36.6 Å². The smallest absolute Gasteiger partial charge is 0.176 e. The highest BCUT2D eigenvalue weighted by atomic mass is 19.1. The Morgan fingerprint density at radius 2 is 1.95 bits per heavy atom. The fourth-order valence-corrected chi connectivity index (χ4v) is 2.80. The molecule has 2 aromatic rings. The molecule has 108 valence electrons. The zero-order valence-corrected chi connectivity index (χ0v) is 11.6. The van der Waals surface area contributed by atoms with E-state index in [0.717, 1.165) is 17.3 Å². The van der Waals surface area contributed by atoms with Gasteiger partial charge in [-0.15, -0.1) is 0 Å². The van der Waals surface area contributed by atoms with Gasteiger partial charge in [-0.25, -0.2) is 8.78 Å². The third-order valence-electron chi connectivity index (χ3n) is 3.93. The number of ketones is 1. The van der Waals surface area contributed by atoms with Crippen LogP contribution < -0.4 is 5.32 Å². The second-order valence-corrected chi connectivity index (χ2v) is 5.27. The molecular weight excluding hydrogens is 272 g/mol. The number of benzene rings is 2. The van der Waals surface area contributed by atoms with Crippen LogP contribution in [0.1, 0.15) is 33.8 Å². The maximum Gasteiger partial charge on any atom is 0.176 e. The molecule has 0 spiro atoms. The van der Waals surface area contributed by atoms with Crippen molar-refractivity contribution in [1.82, 2.24) is 0 Å². The van der Waals surface area contributed by atoms with Crippen LogP contribution in [0.3, 0.4) is 0 Å². The molecule has 2 aromatic carbocycles. The Balaban J connectivity index is 2.07. The lowest BCUT2D eigenvalue weighted by Crippen LogP contribution is -2.24. The number of hydrogen-bond donors (Lipinski definition) is 1. The normalized spacial score (nSPS) is 17.0. The lowest BCUT2D eigenvalue weighted by Gasteiger charge is -2.26. The number of Topliss-reactive ketones (excluding diaryl/α,β-unsaturated/α-hetero) is 1.